The molecule has 12 rings (SSSR count). The Balaban J connectivity index is 1.09. The molecule has 0 radical (unpaired) electrons. The Morgan fingerprint density at radius 2 is 1.17 bits per heavy atom. The molecule has 0 bridgehead atoms. The maximum atomic E-state index is 5.52. The Morgan fingerprint density at radius 3 is 2.00 bits per heavy atom. The van der Waals surface area contributed by atoms with E-state index in [4.69, 9.17) is 15.0 Å². The fraction of sp³-hybridized carbons (Fsp3) is 0. The van der Waals surface area contributed by atoms with Crippen LogP contribution in [-0.4, -0.2) is 21.1 Å². The molecule has 1 aliphatic rings. The van der Waals surface area contributed by atoms with E-state index in [1.54, 1.807) is 11.3 Å². The third kappa shape index (κ3) is 5.55. The van der Waals surface area contributed by atoms with Gasteiger partial charge in [-0.1, -0.05) is 146 Å². The molecular weight excluding hydrogens is 749 g/mol. The standard InChI is InChI=1S/C55H34N4S/c1-4-16-35(17-5-1)45-27-15-28-46(37-30-32-49-44(34-37)39-22-11-13-29-48(39)59(49)38-20-8-3-9-21-38)58-55(57-45)43-25-14-24-42-52-50(60-54(42)43)33-31-41-51(52)40-23-10-12-26-47(40)56-53(41)36-18-6-2-7-19-36/h1-34H. The second-order valence-corrected chi connectivity index (χ2v) is 16.2. The molecule has 8 aromatic carbocycles. The van der Waals surface area contributed by atoms with Crippen LogP contribution in [0.25, 0.3) is 86.3 Å². The van der Waals surface area contributed by atoms with Gasteiger partial charge in [0, 0.05) is 75.0 Å². The van der Waals surface area contributed by atoms with Gasteiger partial charge in [-0.3, -0.25) is 0 Å². The first-order valence-corrected chi connectivity index (χ1v) is 21.0. The molecule has 4 nitrogen and oxygen atoms in total. The number of nitrogens with zero attached hydrogens (tertiary/aromatic N) is 4. The molecule has 3 aromatic heterocycles. The normalized spacial score (nSPS) is 13.2. The predicted octanol–water partition coefficient (Wildman–Crippen LogP) is 14.4. The van der Waals surface area contributed by atoms with E-state index in [1.165, 1.54) is 37.1 Å². The number of benzene rings is 8. The number of hydrogen-bond acceptors (Lipinski definition) is 4. The smallest absolute Gasteiger partial charge is 0.161 e. The van der Waals surface area contributed by atoms with Crippen LogP contribution in [0.2, 0.25) is 0 Å². The van der Waals surface area contributed by atoms with Gasteiger partial charge >= 0.3 is 0 Å². The number of pyridine rings is 1. The predicted molar refractivity (Wildman–Crippen MR) is 255 cm³/mol. The number of hydrogen-bond donors (Lipinski definition) is 0. The van der Waals surface area contributed by atoms with Gasteiger partial charge in [-0.05, 0) is 60.7 Å². The minimum absolute atomic E-state index is 0.675. The van der Waals surface area contributed by atoms with E-state index in [9.17, 15) is 0 Å². The average Bonchev–Trinajstić information content (AvgIpc) is 3.85. The van der Waals surface area contributed by atoms with Gasteiger partial charge in [-0.2, -0.15) is 0 Å². The molecule has 0 N–H and O–H groups in total. The molecule has 280 valence electrons. The summed E-state index contributed by atoms with van der Waals surface area (Å²) < 4.78 is 4.72. The average molecular weight is 783 g/mol. The summed E-state index contributed by atoms with van der Waals surface area (Å²) in [6, 6.07) is 66.5. The summed E-state index contributed by atoms with van der Waals surface area (Å²) in [6.45, 7) is 0. The quantitative estimate of drug-likeness (QED) is 0.160. The van der Waals surface area contributed by atoms with E-state index < -0.39 is 0 Å². The molecule has 5 heteroatoms. The first-order valence-electron chi connectivity index (χ1n) is 20.2. The highest BCUT2D eigenvalue weighted by Crippen LogP contribution is 2.45. The summed E-state index contributed by atoms with van der Waals surface area (Å²) in [4.78, 5) is 16.2. The van der Waals surface area contributed by atoms with Crippen LogP contribution in [0.5, 0.6) is 0 Å². The van der Waals surface area contributed by atoms with Crippen molar-refractivity contribution in [3.63, 3.8) is 0 Å². The second-order valence-electron chi connectivity index (χ2n) is 15.1. The topological polar surface area (TPSA) is 42.5 Å². The molecule has 60 heavy (non-hydrogen) atoms. The van der Waals surface area contributed by atoms with E-state index in [-0.39, 0.29) is 0 Å². The lowest BCUT2D eigenvalue weighted by Crippen LogP contribution is -2.07. The minimum Gasteiger partial charge on any atom is -0.309 e. The fourth-order valence-electron chi connectivity index (χ4n) is 8.92. The molecule has 1 aliphatic heterocycles. The van der Waals surface area contributed by atoms with E-state index >= 15 is 0 Å². The van der Waals surface area contributed by atoms with Crippen LogP contribution in [0.3, 0.4) is 0 Å². The summed E-state index contributed by atoms with van der Waals surface area (Å²) in [5.74, 6) is 0.675. The van der Waals surface area contributed by atoms with Gasteiger partial charge < -0.3 is 4.57 Å². The van der Waals surface area contributed by atoms with Crippen LogP contribution >= 0.6 is 11.3 Å². The summed E-state index contributed by atoms with van der Waals surface area (Å²) in [6.07, 6.45) is 6.30. The third-order valence-corrected chi connectivity index (χ3v) is 12.8. The van der Waals surface area contributed by atoms with Crippen LogP contribution < -0.4 is 0 Å². The molecule has 0 aliphatic carbocycles. The van der Waals surface area contributed by atoms with Crippen molar-refractivity contribution in [2.75, 3.05) is 0 Å². The van der Waals surface area contributed by atoms with Crippen LogP contribution in [0.15, 0.2) is 216 Å². The van der Waals surface area contributed by atoms with Crippen molar-refractivity contribution in [3.8, 4) is 16.9 Å². The molecule has 4 heterocycles. The number of thiophene rings is 1. The van der Waals surface area contributed by atoms with Crippen molar-refractivity contribution in [2.45, 2.75) is 0 Å². The number of rotatable bonds is 5. The summed E-state index contributed by atoms with van der Waals surface area (Å²) >= 11 is 1.81. The van der Waals surface area contributed by atoms with Gasteiger partial charge in [0.2, 0.25) is 0 Å². The van der Waals surface area contributed by atoms with Gasteiger partial charge in [-0.15, -0.1) is 11.3 Å². The molecule has 0 fully saturated rings. The van der Waals surface area contributed by atoms with Crippen LogP contribution in [0.1, 0.15) is 16.7 Å². The van der Waals surface area contributed by atoms with Crippen molar-refractivity contribution in [3.05, 3.63) is 223 Å². The molecule has 0 unspecified atom stereocenters. The number of fused-ring (bicyclic) bond motifs is 10. The van der Waals surface area contributed by atoms with Crippen LogP contribution in [0.4, 0.5) is 0 Å². The molecule has 11 aromatic rings. The highest BCUT2D eigenvalue weighted by molar-refractivity contribution is 7.26. The number of para-hydroxylation sites is 3. The zero-order chi connectivity index (χ0) is 39.6. The molecule has 0 spiro atoms. The van der Waals surface area contributed by atoms with Gasteiger partial charge in [0.05, 0.1) is 33.7 Å². The summed E-state index contributed by atoms with van der Waals surface area (Å²) in [7, 11) is 0. The number of aromatic nitrogens is 2. The number of aliphatic imine (C=N–C) groups is 2. The highest BCUT2D eigenvalue weighted by Gasteiger charge is 2.21. The number of allylic oxidation sites excluding steroid dienone is 3. The lowest BCUT2D eigenvalue weighted by molar-refractivity contribution is 1.18. The minimum atomic E-state index is 0.675. The Hall–Kier alpha value is -7.73. The largest absolute Gasteiger partial charge is 0.309 e. The Morgan fingerprint density at radius 1 is 0.467 bits per heavy atom. The zero-order valence-electron chi connectivity index (χ0n) is 32.3. The summed E-state index contributed by atoms with van der Waals surface area (Å²) in [5, 5.41) is 8.32. The Bertz CT molecular complexity index is 3630. The Kier molecular flexibility index (Phi) is 8.00. The van der Waals surface area contributed by atoms with Crippen molar-refractivity contribution in [1.29, 1.82) is 0 Å². The van der Waals surface area contributed by atoms with Gasteiger partial charge in [0.15, 0.2) is 5.84 Å². The molecule has 0 saturated carbocycles. The van der Waals surface area contributed by atoms with Crippen molar-refractivity contribution < 1.29 is 0 Å². The van der Waals surface area contributed by atoms with E-state index in [1.807, 2.05) is 6.07 Å². The monoisotopic (exact) mass is 782 g/mol. The molecule has 0 atom stereocenters. The van der Waals surface area contributed by atoms with Crippen molar-refractivity contribution >= 4 is 92.2 Å². The maximum absolute atomic E-state index is 5.52. The molecule has 0 saturated heterocycles. The lowest BCUT2D eigenvalue weighted by Gasteiger charge is -2.12. The first kappa shape index (κ1) is 34.3. The van der Waals surface area contributed by atoms with E-state index in [2.05, 4.69) is 205 Å². The van der Waals surface area contributed by atoms with Crippen molar-refractivity contribution in [2.24, 2.45) is 9.98 Å². The van der Waals surface area contributed by atoms with Crippen molar-refractivity contribution in [1.82, 2.24) is 9.55 Å². The SMILES string of the molecule is C1=CC(c2ccc3c(c2)c2ccccc2n3-c2ccccc2)=NC(c2cccc3c2sc2ccc4c(-c5ccccc5)nc5ccccc5c4c23)=NC(c2ccccc2)=C1. The van der Waals surface area contributed by atoms with Crippen LogP contribution in [0, 0.1) is 0 Å². The Labute approximate surface area is 350 Å². The van der Waals surface area contributed by atoms with Gasteiger partial charge in [0.25, 0.3) is 0 Å². The van der Waals surface area contributed by atoms with E-state index in [0.717, 1.165) is 71.5 Å². The third-order valence-electron chi connectivity index (χ3n) is 11.6. The number of amidine groups is 1. The highest BCUT2D eigenvalue weighted by atomic mass is 32.1. The molecular formula is C55H34N4S. The van der Waals surface area contributed by atoms with Gasteiger partial charge in [-0.25, -0.2) is 15.0 Å². The fourth-order valence-corrected chi connectivity index (χ4v) is 10.1. The maximum Gasteiger partial charge on any atom is 0.161 e. The van der Waals surface area contributed by atoms with Gasteiger partial charge in [0.1, 0.15) is 0 Å². The lowest BCUT2D eigenvalue weighted by atomic mass is 9.96. The van der Waals surface area contributed by atoms with E-state index in [0.29, 0.717) is 5.84 Å². The summed E-state index contributed by atoms with van der Waals surface area (Å²) in [5.41, 5.74) is 11.3. The first-order chi connectivity index (χ1) is 29.8. The second kappa shape index (κ2) is 14.0. The van der Waals surface area contributed by atoms with Crippen LogP contribution in [-0.2, 0) is 0 Å². The zero-order valence-corrected chi connectivity index (χ0v) is 33.1. The molecule has 0 amide bonds.